The number of carbonyl (C=O) groups is 1. The van der Waals surface area contributed by atoms with Crippen LogP contribution in [0.5, 0.6) is 0 Å². The van der Waals surface area contributed by atoms with E-state index in [4.69, 9.17) is 10.1 Å². The molecule has 34 heavy (non-hydrogen) atoms. The van der Waals surface area contributed by atoms with Gasteiger partial charge in [0.05, 0.1) is 17.9 Å². The number of benzene rings is 1. The highest BCUT2D eigenvalue weighted by Crippen LogP contribution is 2.46. The Morgan fingerprint density at radius 1 is 1.24 bits per heavy atom. The van der Waals surface area contributed by atoms with Crippen molar-refractivity contribution in [3.8, 4) is 17.2 Å². The zero-order valence-electron chi connectivity index (χ0n) is 19.7. The molecule has 1 aliphatic heterocycles. The number of fused-ring (bicyclic) bond motifs is 1. The zero-order valence-corrected chi connectivity index (χ0v) is 19.7. The second-order valence-electron chi connectivity index (χ2n) is 9.39. The number of aryl methyl sites for hydroxylation is 1. The number of rotatable bonds is 5. The van der Waals surface area contributed by atoms with E-state index in [1.807, 2.05) is 37.1 Å². The molecule has 2 aromatic heterocycles. The van der Waals surface area contributed by atoms with E-state index in [1.54, 1.807) is 0 Å². The summed E-state index contributed by atoms with van der Waals surface area (Å²) in [7, 11) is 0. The molecule has 7 heteroatoms. The molecule has 1 aliphatic carbocycles. The summed E-state index contributed by atoms with van der Waals surface area (Å²) < 4.78 is 0. The Kier molecular flexibility index (Phi) is 5.93. The Bertz CT molecular complexity index is 1290. The number of anilines is 1. The summed E-state index contributed by atoms with van der Waals surface area (Å²) >= 11 is 0. The molecule has 5 rings (SSSR count). The minimum atomic E-state index is -0.137. The second kappa shape index (κ2) is 9.03. The standard InChI is InChI=1S/C27H29N5O2/c1-17-12-23-20(15-29-17)4-3-5-22(23)24-13-21(14-28)27(30-26(24)19-6-7-19)31-9-10-32(18(2)16-31)25(34)8-11-33/h3-5,12-13,15,18-19,33H,6-11,16H2,1-2H3/t18-/m1/s1. The Morgan fingerprint density at radius 3 is 2.76 bits per heavy atom. The van der Waals surface area contributed by atoms with Gasteiger partial charge in [-0.1, -0.05) is 18.2 Å². The molecule has 2 aliphatic rings. The first-order chi connectivity index (χ1) is 16.5. The largest absolute Gasteiger partial charge is 0.396 e. The van der Waals surface area contributed by atoms with E-state index < -0.39 is 0 Å². The maximum atomic E-state index is 12.3. The van der Waals surface area contributed by atoms with Crippen molar-refractivity contribution < 1.29 is 9.90 Å². The average Bonchev–Trinajstić information content (AvgIpc) is 3.68. The van der Waals surface area contributed by atoms with Gasteiger partial charge in [-0.3, -0.25) is 9.78 Å². The van der Waals surface area contributed by atoms with Crippen molar-refractivity contribution in [2.24, 2.45) is 0 Å². The minimum absolute atomic E-state index is 0.0151. The summed E-state index contributed by atoms with van der Waals surface area (Å²) in [5.41, 5.74) is 4.70. The Hall–Kier alpha value is -3.50. The first kappa shape index (κ1) is 22.3. The molecule has 1 saturated carbocycles. The van der Waals surface area contributed by atoms with Gasteiger partial charge >= 0.3 is 0 Å². The van der Waals surface area contributed by atoms with Gasteiger partial charge in [-0.2, -0.15) is 5.26 Å². The van der Waals surface area contributed by atoms with Crippen LogP contribution in [0.1, 0.15) is 49.1 Å². The van der Waals surface area contributed by atoms with Crippen LogP contribution in [0.4, 0.5) is 5.82 Å². The van der Waals surface area contributed by atoms with Gasteiger partial charge in [0.25, 0.3) is 0 Å². The lowest BCUT2D eigenvalue weighted by atomic mass is 9.94. The van der Waals surface area contributed by atoms with Gasteiger partial charge < -0.3 is 14.9 Å². The van der Waals surface area contributed by atoms with E-state index in [-0.39, 0.29) is 25.0 Å². The Labute approximate surface area is 199 Å². The molecular formula is C27H29N5O2. The van der Waals surface area contributed by atoms with E-state index in [2.05, 4.69) is 34.2 Å². The van der Waals surface area contributed by atoms with E-state index in [1.165, 1.54) is 0 Å². The van der Waals surface area contributed by atoms with Crippen LogP contribution in [0.15, 0.2) is 36.5 Å². The number of pyridine rings is 2. The van der Waals surface area contributed by atoms with Gasteiger partial charge in [0.1, 0.15) is 11.9 Å². The zero-order chi connectivity index (χ0) is 23.8. The summed E-state index contributed by atoms with van der Waals surface area (Å²) in [4.78, 5) is 25.9. The van der Waals surface area contributed by atoms with Crippen molar-refractivity contribution in [3.63, 3.8) is 0 Å². The van der Waals surface area contributed by atoms with Crippen LogP contribution in [0.3, 0.4) is 0 Å². The number of amides is 1. The fraction of sp³-hybridized carbons (Fsp3) is 0.407. The van der Waals surface area contributed by atoms with Crippen molar-refractivity contribution in [2.75, 3.05) is 31.1 Å². The fourth-order valence-electron chi connectivity index (χ4n) is 4.99. The number of aliphatic hydroxyl groups is 1. The molecule has 1 atom stereocenters. The smallest absolute Gasteiger partial charge is 0.225 e. The molecular weight excluding hydrogens is 426 g/mol. The molecule has 2 fully saturated rings. The van der Waals surface area contributed by atoms with Crippen LogP contribution in [0.2, 0.25) is 0 Å². The normalized spacial score (nSPS) is 18.2. The molecule has 3 heterocycles. The highest BCUT2D eigenvalue weighted by molar-refractivity contribution is 5.97. The first-order valence-corrected chi connectivity index (χ1v) is 12.0. The maximum absolute atomic E-state index is 12.3. The Morgan fingerprint density at radius 2 is 2.06 bits per heavy atom. The lowest BCUT2D eigenvalue weighted by Crippen LogP contribution is -2.54. The number of nitriles is 1. The van der Waals surface area contributed by atoms with E-state index >= 15 is 0 Å². The highest BCUT2D eigenvalue weighted by atomic mass is 16.3. The van der Waals surface area contributed by atoms with E-state index in [0.717, 1.165) is 46.1 Å². The molecule has 3 aromatic rings. The molecule has 1 amide bonds. The minimum Gasteiger partial charge on any atom is -0.396 e. The summed E-state index contributed by atoms with van der Waals surface area (Å²) in [5, 5.41) is 21.4. The third-order valence-electron chi connectivity index (χ3n) is 6.88. The number of hydrogen-bond acceptors (Lipinski definition) is 6. The Balaban J connectivity index is 1.56. The summed E-state index contributed by atoms with van der Waals surface area (Å²) in [6.07, 6.45) is 4.26. The third-order valence-corrected chi connectivity index (χ3v) is 6.88. The van der Waals surface area contributed by atoms with E-state index in [0.29, 0.717) is 36.9 Å². The number of hydrogen-bond donors (Lipinski definition) is 1. The van der Waals surface area contributed by atoms with Crippen LogP contribution in [-0.2, 0) is 4.79 Å². The highest BCUT2D eigenvalue weighted by Gasteiger charge is 2.33. The maximum Gasteiger partial charge on any atom is 0.225 e. The van der Waals surface area contributed by atoms with Crippen LogP contribution in [0, 0.1) is 18.3 Å². The number of aromatic nitrogens is 2. The van der Waals surface area contributed by atoms with Crippen molar-refractivity contribution >= 4 is 22.5 Å². The molecule has 1 saturated heterocycles. The van der Waals surface area contributed by atoms with Gasteiger partial charge in [-0.15, -0.1) is 0 Å². The molecule has 174 valence electrons. The summed E-state index contributed by atoms with van der Waals surface area (Å²) in [6, 6.07) is 12.7. The first-order valence-electron chi connectivity index (χ1n) is 12.0. The number of piperazine rings is 1. The van der Waals surface area contributed by atoms with E-state index in [9.17, 15) is 10.1 Å². The van der Waals surface area contributed by atoms with Crippen LogP contribution in [-0.4, -0.2) is 58.2 Å². The van der Waals surface area contributed by atoms with Crippen molar-refractivity contribution in [2.45, 2.75) is 45.1 Å². The molecule has 0 unspecified atom stereocenters. The molecule has 7 nitrogen and oxygen atoms in total. The SMILES string of the molecule is Cc1cc2c(-c3cc(C#N)c(N4CCN(C(=O)CCO)[C@H](C)C4)nc3C3CC3)cccc2cn1. The van der Waals surface area contributed by atoms with Gasteiger partial charge in [-0.05, 0) is 49.8 Å². The predicted octanol–water partition coefficient (Wildman–Crippen LogP) is 3.77. The van der Waals surface area contributed by atoms with Crippen molar-refractivity contribution in [1.29, 1.82) is 5.26 Å². The van der Waals surface area contributed by atoms with Gasteiger partial charge in [0, 0.05) is 60.9 Å². The topological polar surface area (TPSA) is 93.4 Å². The summed E-state index contributed by atoms with van der Waals surface area (Å²) in [5.74, 6) is 1.09. The fourth-order valence-corrected chi connectivity index (χ4v) is 4.99. The van der Waals surface area contributed by atoms with Gasteiger partial charge in [-0.25, -0.2) is 4.98 Å². The number of nitrogens with zero attached hydrogens (tertiary/aromatic N) is 5. The average molecular weight is 456 g/mol. The summed E-state index contributed by atoms with van der Waals surface area (Å²) in [6.45, 7) is 5.65. The van der Waals surface area contributed by atoms with Crippen LogP contribution in [0.25, 0.3) is 21.9 Å². The molecule has 0 spiro atoms. The molecule has 1 N–H and O–H groups in total. The molecule has 1 aromatic carbocycles. The second-order valence-corrected chi connectivity index (χ2v) is 9.39. The van der Waals surface area contributed by atoms with Crippen molar-refractivity contribution in [1.82, 2.24) is 14.9 Å². The lowest BCUT2D eigenvalue weighted by molar-refractivity contribution is -0.134. The van der Waals surface area contributed by atoms with Crippen molar-refractivity contribution in [3.05, 3.63) is 53.5 Å². The van der Waals surface area contributed by atoms with Gasteiger partial charge in [0.2, 0.25) is 5.91 Å². The van der Waals surface area contributed by atoms with Crippen LogP contribution >= 0.6 is 0 Å². The third kappa shape index (κ3) is 4.10. The predicted molar refractivity (Wildman–Crippen MR) is 131 cm³/mol. The van der Waals surface area contributed by atoms with Gasteiger partial charge in [0.15, 0.2) is 0 Å². The molecule has 0 bridgehead atoms. The number of carbonyl (C=O) groups excluding carboxylic acids is 1. The quantitative estimate of drug-likeness (QED) is 0.629. The lowest BCUT2D eigenvalue weighted by Gasteiger charge is -2.41. The monoisotopic (exact) mass is 455 g/mol. The molecule has 0 radical (unpaired) electrons. The number of aliphatic hydroxyl groups excluding tert-OH is 1. The van der Waals surface area contributed by atoms with Crippen LogP contribution < -0.4 is 4.90 Å².